The molecule has 0 aliphatic carbocycles. The summed E-state index contributed by atoms with van der Waals surface area (Å²) in [7, 11) is 1.46. The zero-order valence-electron chi connectivity index (χ0n) is 11.8. The first-order valence-corrected chi connectivity index (χ1v) is 6.50. The van der Waals surface area contributed by atoms with Crippen LogP contribution in [0.25, 0.3) is 0 Å². The Kier molecular flexibility index (Phi) is 7.83. The van der Waals surface area contributed by atoms with Crippen molar-refractivity contribution < 1.29 is 9.53 Å². The number of likely N-dealkylation sites (tertiary alicyclic amines) is 1. The molecule has 0 aromatic rings. The second-order valence-corrected chi connectivity index (χ2v) is 5.65. The van der Waals surface area contributed by atoms with Gasteiger partial charge in [-0.15, -0.1) is 12.4 Å². The predicted molar refractivity (Wildman–Crippen MR) is 75.9 cm³/mol. The Morgan fingerprint density at radius 2 is 1.94 bits per heavy atom. The minimum atomic E-state index is -0.376. The van der Waals surface area contributed by atoms with Crippen LogP contribution in [-0.2, 0) is 9.53 Å². The van der Waals surface area contributed by atoms with Crippen molar-refractivity contribution in [3.63, 3.8) is 0 Å². The normalized spacial score (nSPS) is 18.2. The highest BCUT2D eigenvalue weighted by Gasteiger charge is 2.29. The van der Waals surface area contributed by atoms with Gasteiger partial charge in [-0.3, -0.25) is 4.79 Å². The van der Waals surface area contributed by atoms with Crippen LogP contribution >= 0.6 is 12.4 Å². The zero-order valence-corrected chi connectivity index (χ0v) is 12.6. The predicted octanol–water partition coefficient (Wildman–Crippen LogP) is 1.67. The summed E-state index contributed by atoms with van der Waals surface area (Å²) in [5.74, 6) is 0.578. The summed E-state index contributed by atoms with van der Waals surface area (Å²) in [5.41, 5.74) is 5.29. The molecule has 0 aromatic carbocycles. The molecule has 108 valence electrons. The number of esters is 1. The number of methoxy groups -OCH3 is 1. The van der Waals surface area contributed by atoms with E-state index in [0.29, 0.717) is 5.92 Å². The van der Waals surface area contributed by atoms with Crippen LogP contribution < -0.4 is 5.73 Å². The van der Waals surface area contributed by atoms with Gasteiger partial charge >= 0.3 is 5.97 Å². The lowest BCUT2D eigenvalue weighted by Crippen LogP contribution is -2.39. The van der Waals surface area contributed by atoms with Crippen LogP contribution in [0.1, 0.15) is 33.1 Å². The average Bonchev–Trinajstić information content (AvgIpc) is 2.36. The third-order valence-electron chi connectivity index (χ3n) is 3.83. The van der Waals surface area contributed by atoms with Crippen LogP contribution in [0, 0.1) is 11.3 Å². The van der Waals surface area contributed by atoms with E-state index in [1.165, 1.54) is 20.0 Å². The number of piperidine rings is 1. The molecule has 2 N–H and O–H groups in total. The fourth-order valence-corrected chi connectivity index (χ4v) is 2.26. The number of carbonyl (C=O) groups excluding carboxylic acids is 1. The Hall–Kier alpha value is -0.320. The molecular weight excluding hydrogens is 252 g/mol. The van der Waals surface area contributed by atoms with E-state index in [2.05, 4.69) is 4.90 Å². The minimum absolute atomic E-state index is 0. The zero-order chi connectivity index (χ0) is 12.9. The number of hydrogen-bond acceptors (Lipinski definition) is 4. The maximum atomic E-state index is 11.5. The van der Waals surface area contributed by atoms with Crippen LogP contribution in [0.4, 0.5) is 0 Å². The number of ether oxygens (including phenoxy) is 1. The topological polar surface area (TPSA) is 55.6 Å². The summed E-state index contributed by atoms with van der Waals surface area (Å²) in [6.45, 7) is 7.90. The summed E-state index contributed by atoms with van der Waals surface area (Å²) in [6.07, 6.45) is 3.23. The lowest BCUT2D eigenvalue weighted by atomic mass is 9.88. The molecule has 1 heterocycles. The smallest absolute Gasteiger partial charge is 0.311 e. The van der Waals surface area contributed by atoms with E-state index >= 15 is 0 Å². The van der Waals surface area contributed by atoms with E-state index in [1.54, 1.807) is 0 Å². The number of rotatable bonds is 5. The van der Waals surface area contributed by atoms with Gasteiger partial charge in [-0.2, -0.15) is 0 Å². The van der Waals surface area contributed by atoms with Gasteiger partial charge in [-0.1, -0.05) is 0 Å². The van der Waals surface area contributed by atoms with Crippen LogP contribution in [-0.4, -0.2) is 44.2 Å². The average molecular weight is 279 g/mol. The van der Waals surface area contributed by atoms with Crippen molar-refractivity contribution in [3.8, 4) is 0 Å². The quantitative estimate of drug-likeness (QED) is 0.778. The SMILES string of the molecule is COC(=O)C(C)(C)CCN1CCC(CN)CC1.Cl. The van der Waals surface area contributed by atoms with Gasteiger partial charge in [-0.05, 0) is 65.2 Å². The van der Waals surface area contributed by atoms with Crippen molar-refractivity contribution >= 4 is 18.4 Å². The first-order chi connectivity index (χ1) is 7.99. The molecule has 1 saturated heterocycles. The molecular formula is C13H27ClN2O2. The highest BCUT2D eigenvalue weighted by Crippen LogP contribution is 2.24. The van der Waals surface area contributed by atoms with Crippen molar-refractivity contribution in [2.75, 3.05) is 33.3 Å². The van der Waals surface area contributed by atoms with Gasteiger partial charge < -0.3 is 15.4 Å². The molecule has 1 aliphatic heterocycles. The molecule has 5 heteroatoms. The molecule has 4 nitrogen and oxygen atoms in total. The number of halogens is 1. The van der Waals surface area contributed by atoms with E-state index in [4.69, 9.17) is 10.5 Å². The lowest BCUT2D eigenvalue weighted by Gasteiger charge is -2.33. The number of hydrogen-bond donors (Lipinski definition) is 1. The van der Waals surface area contributed by atoms with Gasteiger partial charge in [0.05, 0.1) is 12.5 Å². The maximum Gasteiger partial charge on any atom is 0.311 e. The van der Waals surface area contributed by atoms with Crippen LogP contribution in [0.5, 0.6) is 0 Å². The van der Waals surface area contributed by atoms with Crippen molar-refractivity contribution in [3.05, 3.63) is 0 Å². The molecule has 1 rings (SSSR count). The number of nitrogens with two attached hydrogens (primary N) is 1. The van der Waals surface area contributed by atoms with Crippen molar-refractivity contribution in [2.24, 2.45) is 17.1 Å². The van der Waals surface area contributed by atoms with E-state index in [1.807, 2.05) is 13.8 Å². The molecule has 0 radical (unpaired) electrons. The Balaban J connectivity index is 0.00000289. The third kappa shape index (κ3) is 5.12. The number of carbonyl (C=O) groups is 1. The molecule has 0 saturated carbocycles. The molecule has 18 heavy (non-hydrogen) atoms. The Morgan fingerprint density at radius 1 is 1.39 bits per heavy atom. The second-order valence-electron chi connectivity index (χ2n) is 5.65. The molecule has 0 aromatic heterocycles. The van der Waals surface area contributed by atoms with Gasteiger partial charge in [0, 0.05) is 0 Å². The number of nitrogens with zero attached hydrogens (tertiary/aromatic N) is 1. The van der Waals surface area contributed by atoms with Gasteiger partial charge in [0.25, 0.3) is 0 Å². The maximum absolute atomic E-state index is 11.5. The fourth-order valence-electron chi connectivity index (χ4n) is 2.26. The molecule has 0 bridgehead atoms. The van der Waals surface area contributed by atoms with E-state index in [0.717, 1.165) is 32.6 Å². The molecule has 1 aliphatic rings. The minimum Gasteiger partial charge on any atom is -0.469 e. The highest BCUT2D eigenvalue weighted by atomic mass is 35.5. The van der Waals surface area contributed by atoms with Gasteiger partial charge in [-0.25, -0.2) is 0 Å². The highest BCUT2D eigenvalue weighted by molar-refractivity contribution is 5.85. The molecule has 0 amide bonds. The van der Waals surface area contributed by atoms with Crippen LogP contribution in [0.3, 0.4) is 0 Å². The van der Waals surface area contributed by atoms with E-state index < -0.39 is 0 Å². The Morgan fingerprint density at radius 3 is 2.39 bits per heavy atom. The summed E-state index contributed by atoms with van der Waals surface area (Å²) in [6, 6.07) is 0. The molecule has 0 spiro atoms. The summed E-state index contributed by atoms with van der Waals surface area (Å²) >= 11 is 0. The monoisotopic (exact) mass is 278 g/mol. The van der Waals surface area contributed by atoms with Gasteiger partial charge in [0.1, 0.15) is 0 Å². The van der Waals surface area contributed by atoms with Gasteiger partial charge in [0.15, 0.2) is 0 Å². The van der Waals surface area contributed by atoms with Crippen molar-refractivity contribution in [1.29, 1.82) is 0 Å². The van der Waals surface area contributed by atoms with E-state index in [9.17, 15) is 4.79 Å². The first-order valence-electron chi connectivity index (χ1n) is 6.50. The Labute approximate surface area is 117 Å². The summed E-state index contributed by atoms with van der Waals surface area (Å²) in [4.78, 5) is 14.0. The summed E-state index contributed by atoms with van der Waals surface area (Å²) < 4.78 is 4.82. The third-order valence-corrected chi connectivity index (χ3v) is 3.83. The molecule has 0 unspecified atom stereocenters. The molecule has 0 atom stereocenters. The van der Waals surface area contributed by atoms with Crippen LogP contribution in [0.2, 0.25) is 0 Å². The fraction of sp³-hybridized carbons (Fsp3) is 0.923. The first kappa shape index (κ1) is 17.7. The summed E-state index contributed by atoms with van der Waals surface area (Å²) in [5, 5.41) is 0. The van der Waals surface area contributed by atoms with Crippen LogP contribution in [0.15, 0.2) is 0 Å². The van der Waals surface area contributed by atoms with Crippen molar-refractivity contribution in [1.82, 2.24) is 4.90 Å². The Bertz CT molecular complexity index is 251. The lowest BCUT2D eigenvalue weighted by molar-refractivity contribution is -0.151. The largest absolute Gasteiger partial charge is 0.469 e. The van der Waals surface area contributed by atoms with Gasteiger partial charge in [0.2, 0.25) is 0 Å². The molecule has 1 fully saturated rings. The van der Waals surface area contributed by atoms with Crippen molar-refractivity contribution in [2.45, 2.75) is 33.1 Å². The standard InChI is InChI=1S/C13H26N2O2.ClH/c1-13(2,12(16)17-3)6-9-15-7-4-11(10-14)5-8-15;/h11H,4-10,14H2,1-3H3;1H. The van der Waals surface area contributed by atoms with E-state index in [-0.39, 0.29) is 23.8 Å². The second kappa shape index (κ2) is 7.97.